The van der Waals surface area contributed by atoms with Gasteiger partial charge in [0.15, 0.2) is 0 Å². The summed E-state index contributed by atoms with van der Waals surface area (Å²) in [5.41, 5.74) is 6.78. The SMILES string of the molecule is CC1CC(N)CCN1Cc1cc(F)ccc1Cl. The molecule has 0 aromatic heterocycles. The Morgan fingerprint density at radius 3 is 3.00 bits per heavy atom. The third-order valence-electron chi connectivity index (χ3n) is 3.44. The molecule has 0 aliphatic carbocycles. The van der Waals surface area contributed by atoms with E-state index in [9.17, 15) is 4.39 Å². The van der Waals surface area contributed by atoms with Crippen LogP contribution in [0.5, 0.6) is 0 Å². The van der Waals surface area contributed by atoms with Gasteiger partial charge >= 0.3 is 0 Å². The summed E-state index contributed by atoms with van der Waals surface area (Å²) >= 11 is 6.07. The fourth-order valence-electron chi connectivity index (χ4n) is 2.38. The smallest absolute Gasteiger partial charge is 0.123 e. The molecule has 2 atom stereocenters. The van der Waals surface area contributed by atoms with Crippen molar-refractivity contribution in [1.82, 2.24) is 4.90 Å². The summed E-state index contributed by atoms with van der Waals surface area (Å²) in [6, 6.07) is 5.25. The summed E-state index contributed by atoms with van der Waals surface area (Å²) in [6.45, 7) is 3.81. The minimum absolute atomic E-state index is 0.231. The van der Waals surface area contributed by atoms with Gasteiger partial charge in [-0.1, -0.05) is 11.6 Å². The molecule has 1 aromatic carbocycles. The van der Waals surface area contributed by atoms with Crippen LogP contribution < -0.4 is 5.73 Å². The molecule has 1 heterocycles. The molecule has 2 rings (SSSR count). The van der Waals surface area contributed by atoms with Crippen LogP contribution in [0.3, 0.4) is 0 Å². The van der Waals surface area contributed by atoms with Crippen molar-refractivity contribution >= 4 is 11.6 Å². The van der Waals surface area contributed by atoms with E-state index in [4.69, 9.17) is 17.3 Å². The van der Waals surface area contributed by atoms with E-state index in [1.165, 1.54) is 12.1 Å². The molecular formula is C13H18ClFN2. The molecule has 94 valence electrons. The number of benzene rings is 1. The van der Waals surface area contributed by atoms with Gasteiger partial charge < -0.3 is 5.73 Å². The van der Waals surface area contributed by atoms with Crippen molar-refractivity contribution in [2.24, 2.45) is 5.73 Å². The first-order valence-corrected chi connectivity index (χ1v) is 6.37. The van der Waals surface area contributed by atoms with Gasteiger partial charge in [0.05, 0.1) is 0 Å². The quantitative estimate of drug-likeness (QED) is 0.882. The second-order valence-corrected chi connectivity index (χ2v) is 5.25. The summed E-state index contributed by atoms with van der Waals surface area (Å²) < 4.78 is 13.2. The zero-order chi connectivity index (χ0) is 12.4. The average Bonchev–Trinajstić information content (AvgIpc) is 2.27. The van der Waals surface area contributed by atoms with Gasteiger partial charge in [-0.25, -0.2) is 4.39 Å². The number of hydrogen-bond donors (Lipinski definition) is 1. The first kappa shape index (κ1) is 12.8. The predicted molar refractivity (Wildman–Crippen MR) is 68.5 cm³/mol. The molecule has 0 spiro atoms. The molecule has 2 N–H and O–H groups in total. The minimum Gasteiger partial charge on any atom is -0.328 e. The lowest BCUT2D eigenvalue weighted by atomic mass is 9.98. The third-order valence-corrected chi connectivity index (χ3v) is 3.80. The molecule has 0 radical (unpaired) electrons. The van der Waals surface area contributed by atoms with Crippen LogP contribution >= 0.6 is 11.6 Å². The van der Waals surface area contributed by atoms with E-state index in [1.807, 2.05) is 0 Å². The maximum Gasteiger partial charge on any atom is 0.123 e. The van der Waals surface area contributed by atoms with Gasteiger partial charge in [-0.3, -0.25) is 4.90 Å². The van der Waals surface area contributed by atoms with Crippen LogP contribution in [-0.4, -0.2) is 23.5 Å². The van der Waals surface area contributed by atoms with Crippen molar-refractivity contribution < 1.29 is 4.39 Å². The number of nitrogens with two attached hydrogens (primary N) is 1. The molecule has 1 aliphatic rings. The van der Waals surface area contributed by atoms with Gasteiger partial charge in [0.25, 0.3) is 0 Å². The molecule has 1 saturated heterocycles. The van der Waals surface area contributed by atoms with Crippen molar-refractivity contribution in [2.75, 3.05) is 6.54 Å². The normalized spacial score (nSPS) is 26.1. The Morgan fingerprint density at radius 2 is 2.29 bits per heavy atom. The summed E-state index contributed by atoms with van der Waals surface area (Å²) in [7, 11) is 0. The monoisotopic (exact) mass is 256 g/mol. The molecular weight excluding hydrogens is 239 g/mol. The zero-order valence-electron chi connectivity index (χ0n) is 10.00. The maximum atomic E-state index is 13.2. The Morgan fingerprint density at radius 1 is 1.53 bits per heavy atom. The fourth-order valence-corrected chi connectivity index (χ4v) is 2.55. The zero-order valence-corrected chi connectivity index (χ0v) is 10.8. The Kier molecular flexibility index (Phi) is 4.02. The number of hydrogen-bond acceptors (Lipinski definition) is 2. The Hall–Kier alpha value is -0.640. The lowest BCUT2D eigenvalue weighted by molar-refractivity contribution is 0.140. The standard InChI is InChI=1S/C13H18ClFN2/c1-9-6-12(16)4-5-17(9)8-10-7-11(15)2-3-13(10)14/h2-3,7,9,12H,4-6,8,16H2,1H3. The average molecular weight is 257 g/mol. The van der Waals surface area contributed by atoms with Crippen molar-refractivity contribution in [2.45, 2.75) is 38.4 Å². The Balaban J connectivity index is 2.07. The predicted octanol–water partition coefficient (Wildman–Crippen LogP) is 2.79. The van der Waals surface area contributed by atoms with Crippen molar-refractivity contribution in [1.29, 1.82) is 0 Å². The summed E-state index contributed by atoms with van der Waals surface area (Å²) in [5, 5.41) is 0.633. The first-order valence-electron chi connectivity index (χ1n) is 6.00. The lowest BCUT2D eigenvalue weighted by Gasteiger charge is -2.36. The summed E-state index contributed by atoms with van der Waals surface area (Å²) in [4.78, 5) is 2.31. The van der Waals surface area contributed by atoms with Gasteiger partial charge in [0.2, 0.25) is 0 Å². The maximum absolute atomic E-state index is 13.2. The van der Waals surface area contributed by atoms with E-state index in [1.54, 1.807) is 6.07 Å². The van der Waals surface area contributed by atoms with Gasteiger partial charge in [0, 0.05) is 30.2 Å². The largest absolute Gasteiger partial charge is 0.328 e. The highest BCUT2D eigenvalue weighted by atomic mass is 35.5. The van der Waals surface area contributed by atoms with Crippen LogP contribution in [-0.2, 0) is 6.54 Å². The van der Waals surface area contributed by atoms with Crippen molar-refractivity contribution in [3.05, 3.63) is 34.6 Å². The summed E-state index contributed by atoms with van der Waals surface area (Å²) in [6.07, 6.45) is 1.99. The molecule has 1 aliphatic heterocycles. The van der Waals surface area contributed by atoms with E-state index in [2.05, 4.69) is 11.8 Å². The lowest BCUT2D eigenvalue weighted by Crippen LogP contribution is -2.45. The molecule has 2 nitrogen and oxygen atoms in total. The molecule has 1 aromatic rings. The highest BCUT2D eigenvalue weighted by molar-refractivity contribution is 6.31. The van der Waals surface area contributed by atoms with Crippen LogP contribution in [0, 0.1) is 5.82 Å². The number of halogens is 2. The minimum atomic E-state index is -0.231. The van der Waals surface area contributed by atoms with E-state index in [0.717, 1.165) is 24.9 Å². The molecule has 4 heteroatoms. The van der Waals surface area contributed by atoms with Gasteiger partial charge in [-0.2, -0.15) is 0 Å². The van der Waals surface area contributed by atoms with Gasteiger partial charge in [0.1, 0.15) is 5.82 Å². The van der Waals surface area contributed by atoms with Gasteiger partial charge in [-0.05, 0) is 43.5 Å². The molecule has 17 heavy (non-hydrogen) atoms. The first-order chi connectivity index (χ1) is 8.06. The molecule has 0 amide bonds. The van der Waals surface area contributed by atoms with Crippen LogP contribution in [0.1, 0.15) is 25.3 Å². The van der Waals surface area contributed by atoms with E-state index in [-0.39, 0.29) is 5.82 Å². The number of rotatable bonds is 2. The van der Waals surface area contributed by atoms with Gasteiger partial charge in [-0.15, -0.1) is 0 Å². The molecule has 1 fully saturated rings. The second-order valence-electron chi connectivity index (χ2n) is 4.84. The number of piperidine rings is 1. The third kappa shape index (κ3) is 3.18. The molecule has 0 bridgehead atoms. The van der Waals surface area contributed by atoms with Crippen LogP contribution in [0.25, 0.3) is 0 Å². The van der Waals surface area contributed by atoms with Crippen molar-refractivity contribution in [3.63, 3.8) is 0 Å². The topological polar surface area (TPSA) is 29.3 Å². The van der Waals surface area contributed by atoms with E-state index < -0.39 is 0 Å². The Bertz CT molecular complexity index is 397. The van der Waals surface area contributed by atoms with E-state index in [0.29, 0.717) is 23.7 Å². The second kappa shape index (κ2) is 5.34. The highest BCUT2D eigenvalue weighted by Gasteiger charge is 2.23. The van der Waals surface area contributed by atoms with Crippen LogP contribution in [0.15, 0.2) is 18.2 Å². The Labute approximate surface area is 107 Å². The van der Waals surface area contributed by atoms with Crippen LogP contribution in [0.2, 0.25) is 5.02 Å². The molecule has 2 unspecified atom stereocenters. The fraction of sp³-hybridized carbons (Fsp3) is 0.538. The van der Waals surface area contributed by atoms with Crippen LogP contribution in [0.4, 0.5) is 4.39 Å². The highest BCUT2D eigenvalue weighted by Crippen LogP contribution is 2.23. The number of likely N-dealkylation sites (tertiary alicyclic amines) is 1. The number of nitrogens with zero attached hydrogens (tertiary/aromatic N) is 1. The van der Waals surface area contributed by atoms with Crippen molar-refractivity contribution in [3.8, 4) is 0 Å². The van der Waals surface area contributed by atoms with E-state index >= 15 is 0 Å². The summed E-state index contributed by atoms with van der Waals surface area (Å²) in [5.74, 6) is -0.231. The molecule has 0 saturated carbocycles.